The van der Waals surface area contributed by atoms with Crippen LogP contribution in [0.25, 0.3) is 0 Å². The average molecular weight is 345 g/mol. The fourth-order valence-corrected chi connectivity index (χ4v) is 2.32. The van der Waals surface area contributed by atoms with Crippen molar-refractivity contribution in [2.75, 3.05) is 0 Å². The Bertz CT molecular complexity index is 553. The van der Waals surface area contributed by atoms with E-state index < -0.39 is 17.7 Å². The molecule has 0 saturated heterocycles. The molecule has 0 bridgehead atoms. The molecular formula is C17H22F3NO3. The Morgan fingerprint density at radius 1 is 1.08 bits per heavy atom. The summed E-state index contributed by atoms with van der Waals surface area (Å²) in [5.74, 6) is -1.14. The summed E-state index contributed by atoms with van der Waals surface area (Å²) < 4.78 is 37.8. The van der Waals surface area contributed by atoms with Gasteiger partial charge < -0.3 is 10.4 Å². The van der Waals surface area contributed by atoms with Gasteiger partial charge in [0.05, 0.1) is 11.6 Å². The number of carboxylic acids is 1. The third-order valence-electron chi connectivity index (χ3n) is 3.62. The van der Waals surface area contributed by atoms with Crippen molar-refractivity contribution in [2.45, 2.75) is 51.7 Å². The summed E-state index contributed by atoms with van der Waals surface area (Å²) in [6, 6.07) is 4.36. The fourth-order valence-electron chi connectivity index (χ4n) is 2.32. The van der Waals surface area contributed by atoms with Crippen molar-refractivity contribution in [1.29, 1.82) is 0 Å². The lowest BCUT2D eigenvalue weighted by Gasteiger charge is -2.23. The van der Waals surface area contributed by atoms with Crippen LogP contribution in [0.1, 0.15) is 56.7 Å². The molecule has 0 spiro atoms. The Morgan fingerprint density at radius 2 is 1.62 bits per heavy atom. The third kappa shape index (κ3) is 6.60. The molecular weight excluding hydrogens is 323 g/mol. The molecule has 0 heterocycles. The van der Waals surface area contributed by atoms with Gasteiger partial charge in [0, 0.05) is 12.8 Å². The van der Waals surface area contributed by atoms with Gasteiger partial charge in [0.1, 0.15) is 0 Å². The molecule has 0 aliphatic heterocycles. The van der Waals surface area contributed by atoms with E-state index in [0.29, 0.717) is 18.4 Å². The molecule has 1 rings (SSSR count). The van der Waals surface area contributed by atoms with Crippen LogP contribution in [0.4, 0.5) is 13.2 Å². The van der Waals surface area contributed by atoms with Crippen LogP contribution in [0.2, 0.25) is 0 Å². The molecule has 0 fully saturated rings. The molecule has 2 N–H and O–H groups in total. The maximum atomic E-state index is 12.6. The van der Waals surface area contributed by atoms with Crippen molar-refractivity contribution in [3.05, 3.63) is 35.4 Å². The van der Waals surface area contributed by atoms with Crippen LogP contribution in [0.5, 0.6) is 0 Å². The number of hydrogen-bond acceptors (Lipinski definition) is 2. The number of hydrogen-bond donors (Lipinski definition) is 2. The Kier molecular flexibility index (Phi) is 7.25. The summed E-state index contributed by atoms with van der Waals surface area (Å²) in [6.45, 7) is 3.74. The number of rotatable bonds is 8. The van der Waals surface area contributed by atoms with E-state index in [0.717, 1.165) is 12.1 Å². The van der Waals surface area contributed by atoms with E-state index in [1.165, 1.54) is 12.1 Å². The maximum absolute atomic E-state index is 12.6. The minimum absolute atomic E-state index is 0.00436. The first-order valence-electron chi connectivity index (χ1n) is 7.79. The number of carbonyl (C=O) groups excluding carboxylic acids is 1. The van der Waals surface area contributed by atoms with E-state index in [4.69, 9.17) is 5.11 Å². The highest BCUT2D eigenvalue weighted by atomic mass is 19.4. The Morgan fingerprint density at radius 3 is 2.08 bits per heavy atom. The molecule has 134 valence electrons. The van der Waals surface area contributed by atoms with E-state index in [1.807, 2.05) is 13.8 Å². The molecule has 0 aliphatic rings. The summed E-state index contributed by atoms with van der Waals surface area (Å²) in [7, 11) is 0. The lowest BCUT2D eigenvalue weighted by molar-refractivity contribution is -0.138. The largest absolute Gasteiger partial charge is 0.481 e. The molecule has 4 nitrogen and oxygen atoms in total. The fraction of sp³-hybridized carbons (Fsp3) is 0.529. The lowest BCUT2D eigenvalue weighted by atomic mass is 9.95. The van der Waals surface area contributed by atoms with E-state index in [-0.39, 0.29) is 30.7 Å². The Hall–Kier alpha value is -2.05. The summed E-state index contributed by atoms with van der Waals surface area (Å²) in [5, 5.41) is 11.4. The van der Waals surface area contributed by atoms with Crippen LogP contribution in [-0.4, -0.2) is 17.0 Å². The standard InChI is InChI=1S/C17H22F3NO3/c1-11(2)16(21-14(22)5-3-4-6-15(23)24)12-7-9-13(10-8-12)17(18,19)20/h7-11,16H,3-6H2,1-2H3,(H,21,22)(H,23,24). The molecule has 0 aromatic heterocycles. The van der Waals surface area contributed by atoms with Gasteiger partial charge in [-0.05, 0) is 36.5 Å². The zero-order valence-corrected chi connectivity index (χ0v) is 13.7. The average Bonchev–Trinajstić information content (AvgIpc) is 2.48. The van der Waals surface area contributed by atoms with Crippen LogP contribution >= 0.6 is 0 Å². The molecule has 7 heteroatoms. The minimum Gasteiger partial charge on any atom is -0.481 e. The number of amides is 1. The second kappa shape index (κ2) is 8.70. The number of unbranched alkanes of at least 4 members (excludes halogenated alkanes) is 1. The van der Waals surface area contributed by atoms with Gasteiger partial charge in [0.2, 0.25) is 5.91 Å². The number of carboxylic acid groups (broad SMARTS) is 1. The van der Waals surface area contributed by atoms with Gasteiger partial charge >= 0.3 is 12.1 Å². The monoisotopic (exact) mass is 345 g/mol. The van der Waals surface area contributed by atoms with E-state index in [2.05, 4.69) is 5.32 Å². The predicted octanol–water partition coefficient (Wildman–Crippen LogP) is 4.16. The Balaban J connectivity index is 2.67. The number of halogens is 3. The molecule has 24 heavy (non-hydrogen) atoms. The lowest BCUT2D eigenvalue weighted by Crippen LogP contribution is -2.31. The predicted molar refractivity (Wildman–Crippen MR) is 83.3 cm³/mol. The van der Waals surface area contributed by atoms with Gasteiger partial charge in [-0.1, -0.05) is 26.0 Å². The van der Waals surface area contributed by atoms with Gasteiger partial charge in [-0.25, -0.2) is 0 Å². The number of aliphatic carboxylic acids is 1. The van der Waals surface area contributed by atoms with Crippen molar-refractivity contribution < 1.29 is 27.9 Å². The first-order valence-corrected chi connectivity index (χ1v) is 7.79. The Labute approximate surface area is 139 Å². The minimum atomic E-state index is -4.39. The van der Waals surface area contributed by atoms with Crippen LogP contribution in [0, 0.1) is 5.92 Å². The summed E-state index contributed by atoms with van der Waals surface area (Å²) in [6.07, 6.45) is -3.32. The van der Waals surface area contributed by atoms with Crippen molar-refractivity contribution in [2.24, 2.45) is 5.92 Å². The number of alkyl halides is 3. The van der Waals surface area contributed by atoms with Crippen molar-refractivity contribution in [1.82, 2.24) is 5.32 Å². The first-order chi connectivity index (χ1) is 11.1. The number of carbonyl (C=O) groups is 2. The second-order valence-corrected chi connectivity index (χ2v) is 6.01. The van der Waals surface area contributed by atoms with Crippen LogP contribution in [0.3, 0.4) is 0 Å². The summed E-state index contributed by atoms with van der Waals surface area (Å²) >= 11 is 0. The van der Waals surface area contributed by atoms with Crippen molar-refractivity contribution in [3.8, 4) is 0 Å². The smallest absolute Gasteiger partial charge is 0.416 e. The highest BCUT2D eigenvalue weighted by molar-refractivity contribution is 5.76. The molecule has 0 saturated carbocycles. The second-order valence-electron chi connectivity index (χ2n) is 6.01. The van der Waals surface area contributed by atoms with Gasteiger partial charge in [0.15, 0.2) is 0 Å². The van der Waals surface area contributed by atoms with Crippen molar-refractivity contribution >= 4 is 11.9 Å². The van der Waals surface area contributed by atoms with Crippen LogP contribution in [0.15, 0.2) is 24.3 Å². The topological polar surface area (TPSA) is 66.4 Å². The van der Waals surface area contributed by atoms with E-state index >= 15 is 0 Å². The molecule has 1 amide bonds. The number of benzene rings is 1. The quantitative estimate of drug-likeness (QED) is 0.695. The van der Waals surface area contributed by atoms with Gasteiger partial charge in [-0.15, -0.1) is 0 Å². The number of nitrogens with one attached hydrogen (secondary N) is 1. The molecule has 0 radical (unpaired) electrons. The summed E-state index contributed by atoms with van der Waals surface area (Å²) in [4.78, 5) is 22.4. The van der Waals surface area contributed by atoms with Crippen molar-refractivity contribution in [3.63, 3.8) is 0 Å². The highest BCUT2D eigenvalue weighted by Crippen LogP contribution is 2.31. The van der Waals surface area contributed by atoms with Crippen LogP contribution < -0.4 is 5.32 Å². The maximum Gasteiger partial charge on any atom is 0.416 e. The molecule has 1 atom stereocenters. The molecule has 1 aromatic carbocycles. The first kappa shape index (κ1) is 20.0. The van der Waals surface area contributed by atoms with E-state index in [9.17, 15) is 22.8 Å². The molecule has 1 unspecified atom stereocenters. The van der Waals surface area contributed by atoms with Gasteiger partial charge in [0.25, 0.3) is 0 Å². The zero-order valence-electron chi connectivity index (χ0n) is 13.7. The zero-order chi connectivity index (χ0) is 18.3. The summed E-state index contributed by atoms with van der Waals surface area (Å²) in [5.41, 5.74) is -0.120. The highest BCUT2D eigenvalue weighted by Gasteiger charge is 2.30. The van der Waals surface area contributed by atoms with E-state index in [1.54, 1.807) is 0 Å². The molecule has 1 aromatic rings. The SMILES string of the molecule is CC(C)C(NC(=O)CCCCC(=O)O)c1ccc(C(F)(F)F)cc1. The van der Waals surface area contributed by atoms with Gasteiger partial charge in [-0.2, -0.15) is 13.2 Å². The van der Waals surface area contributed by atoms with Gasteiger partial charge in [-0.3, -0.25) is 9.59 Å². The molecule has 0 aliphatic carbocycles. The third-order valence-corrected chi connectivity index (χ3v) is 3.62. The normalized spacial score (nSPS) is 12.9. The van der Waals surface area contributed by atoms with Crippen LogP contribution in [-0.2, 0) is 15.8 Å².